The number of hydrogen-bond acceptors (Lipinski definition) is 1. The van der Waals surface area contributed by atoms with Crippen LogP contribution in [0.15, 0.2) is 170 Å². The molecule has 0 radical (unpaired) electrons. The van der Waals surface area contributed by atoms with E-state index in [9.17, 15) is 0 Å². The number of ether oxygens (including phenoxy) is 1. The largest absolute Gasteiger partial charge is 0.457 e. The molecule has 1 aromatic heterocycles. The van der Waals surface area contributed by atoms with E-state index in [1.165, 1.54) is 54.9 Å². The summed E-state index contributed by atoms with van der Waals surface area (Å²) in [6, 6.07) is 62.5. The minimum absolute atomic E-state index is 0.0235. The summed E-state index contributed by atoms with van der Waals surface area (Å²) in [5.74, 6) is 1.40. The highest BCUT2D eigenvalue weighted by molar-refractivity contribution is 6.30. The van der Waals surface area contributed by atoms with Crippen LogP contribution in [0.3, 0.4) is 0 Å². The van der Waals surface area contributed by atoms with Gasteiger partial charge in [0.1, 0.15) is 11.5 Å². The molecule has 67 heavy (non-hydrogen) atoms. The molecule has 0 aliphatic carbocycles. The van der Waals surface area contributed by atoms with E-state index in [1.807, 2.05) is 24.3 Å². The molecule has 338 valence electrons. The highest BCUT2D eigenvalue weighted by Gasteiger charge is 2.24. The molecule has 9 aromatic rings. The minimum Gasteiger partial charge on any atom is -0.457 e. The lowest BCUT2D eigenvalue weighted by molar-refractivity contribution is 0.483. The van der Waals surface area contributed by atoms with Crippen LogP contribution in [0.2, 0.25) is 5.02 Å². The zero-order valence-electron chi connectivity index (χ0n) is 41.4. The van der Waals surface area contributed by atoms with Crippen LogP contribution >= 0.6 is 11.6 Å². The standard InChI is InChI=1S/C64H64ClNO/c1-61(2,3)45-30-42(31-46(37-45)62(4,5)6)41-28-29-60-58(36-41)56-25-16-14-23-54(56)53-22-13-15-24-55(53)57-26-17-18-27-59(57)66(60)50-34-44(35-52(40-50)67-51-21-19-20-49(65)39-51)43-32-47(63(7,8)9)38-48(33-43)64(10,11)12/h13-40H,1-12H3. The number of fused-ring (bicyclic) bond motifs is 7. The van der Waals surface area contributed by atoms with Crippen molar-refractivity contribution in [3.63, 3.8) is 0 Å². The van der Waals surface area contributed by atoms with E-state index < -0.39 is 0 Å². The molecule has 2 nitrogen and oxygen atoms in total. The molecule has 0 atom stereocenters. The van der Waals surface area contributed by atoms with Crippen molar-refractivity contribution in [2.45, 2.75) is 105 Å². The second-order valence-corrected chi connectivity index (χ2v) is 23.0. The van der Waals surface area contributed by atoms with Gasteiger partial charge in [-0.15, -0.1) is 0 Å². The molecule has 0 bridgehead atoms. The summed E-state index contributed by atoms with van der Waals surface area (Å²) in [6.45, 7) is 27.7. The number of rotatable bonds is 5. The molecule has 0 fully saturated rings. The molecule has 0 amide bonds. The minimum atomic E-state index is -0.0640. The van der Waals surface area contributed by atoms with Crippen LogP contribution in [-0.4, -0.2) is 4.57 Å². The SMILES string of the molecule is CC(C)(C)c1cc(-c2cc(Oc3cccc(Cl)c3)cc(-n3c4ccccc4c4ccccc4c4ccccc4c4cc(-c5cc(C(C)(C)C)cc(C(C)(C)C)c5)ccc43)c2)cc(C(C)(C)C)c1. The van der Waals surface area contributed by atoms with Gasteiger partial charge in [-0.2, -0.15) is 0 Å². The summed E-state index contributed by atoms with van der Waals surface area (Å²) < 4.78 is 9.32. The number of aromatic nitrogens is 1. The van der Waals surface area contributed by atoms with E-state index in [-0.39, 0.29) is 21.7 Å². The number of para-hydroxylation sites is 1. The summed E-state index contributed by atoms with van der Waals surface area (Å²) in [6.07, 6.45) is 0. The number of hydrogen-bond donors (Lipinski definition) is 0. The fourth-order valence-corrected chi connectivity index (χ4v) is 9.44. The molecule has 0 aliphatic rings. The lowest BCUT2D eigenvalue weighted by Gasteiger charge is -2.26. The highest BCUT2D eigenvalue weighted by Crippen LogP contribution is 2.42. The molecule has 1 heterocycles. The molecular weight excluding hydrogens is 834 g/mol. The number of nitrogens with zero attached hydrogens (tertiary/aromatic N) is 1. The van der Waals surface area contributed by atoms with Crippen molar-refractivity contribution in [2.24, 2.45) is 0 Å². The Labute approximate surface area is 403 Å². The third-order valence-corrected chi connectivity index (χ3v) is 13.5. The first-order valence-corrected chi connectivity index (χ1v) is 24.1. The quantitative estimate of drug-likeness (QED) is 0.168. The molecule has 0 unspecified atom stereocenters. The van der Waals surface area contributed by atoms with Crippen molar-refractivity contribution >= 4 is 55.0 Å². The van der Waals surface area contributed by atoms with E-state index in [2.05, 4.69) is 233 Å². The lowest BCUT2D eigenvalue weighted by Crippen LogP contribution is -2.16. The van der Waals surface area contributed by atoms with E-state index >= 15 is 0 Å². The van der Waals surface area contributed by atoms with Gasteiger partial charge in [-0.1, -0.05) is 210 Å². The molecule has 0 N–H and O–H groups in total. The number of halogens is 1. The zero-order valence-corrected chi connectivity index (χ0v) is 42.2. The summed E-state index contributed by atoms with van der Waals surface area (Å²) >= 11 is 6.59. The second kappa shape index (κ2) is 17.1. The predicted molar refractivity (Wildman–Crippen MR) is 291 cm³/mol. The van der Waals surface area contributed by atoms with Gasteiger partial charge in [0.05, 0.1) is 16.7 Å². The third-order valence-electron chi connectivity index (χ3n) is 13.3. The highest BCUT2D eigenvalue weighted by atomic mass is 35.5. The Bertz CT molecular complexity index is 3370. The van der Waals surface area contributed by atoms with Gasteiger partial charge in [-0.05, 0) is 136 Å². The summed E-state index contributed by atoms with van der Waals surface area (Å²) in [5, 5.41) is 7.65. The van der Waals surface area contributed by atoms with Gasteiger partial charge in [0.2, 0.25) is 0 Å². The first-order chi connectivity index (χ1) is 31.6. The fourth-order valence-electron chi connectivity index (χ4n) is 9.26. The molecule has 0 aliphatic heterocycles. The van der Waals surface area contributed by atoms with Gasteiger partial charge < -0.3 is 9.30 Å². The zero-order chi connectivity index (χ0) is 47.6. The van der Waals surface area contributed by atoms with Crippen LogP contribution in [0.5, 0.6) is 11.5 Å². The van der Waals surface area contributed by atoms with Crippen molar-refractivity contribution in [1.82, 2.24) is 4.57 Å². The Morgan fingerprint density at radius 2 is 0.761 bits per heavy atom. The van der Waals surface area contributed by atoms with Crippen molar-refractivity contribution < 1.29 is 4.74 Å². The summed E-state index contributed by atoms with van der Waals surface area (Å²) in [5.41, 5.74) is 12.8. The van der Waals surface area contributed by atoms with Crippen molar-refractivity contribution in [3.05, 3.63) is 197 Å². The molecule has 9 rings (SSSR count). The third kappa shape index (κ3) is 9.35. The maximum Gasteiger partial charge on any atom is 0.130 e. The normalized spacial score (nSPS) is 12.6. The van der Waals surface area contributed by atoms with Crippen LogP contribution in [0.1, 0.15) is 105 Å². The molecule has 0 spiro atoms. The molecule has 0 saturated carbocycles. The van der Waals surface area contributed by atoms with Crippen LogP contribution in [0.4, 0.5) is 0 Å². The molecule has 0 saturated heterocycles. The average molecular weight is 899 g/mol. The molecule has 8 aromatic carbocycles. The Morgan fingerprint density at radius 1 is 0.328 bits per heavy atom. The van der Waals surface area contributed by atoms with Crippen molar-refractivity contribution in [2.75, 3.05) is 0 Å². The van der Waals surface area contributed by atoms with Gasteiger partial charge in [0, 0.05) is 21.9 Å². The monoisotopic (exact) mass is 897 g/mol. The maximum atomic E-state index is 6.86. The lowest BCUT2D eigenvalue weighted by atomic mass is 9.79. The molecular formula is C64H64ClNO. The van der Waals surface area contributed by atoms with Gasteiger partial charge in [-0.3, -0.25) is 0 Å². The van der Waals surface area contributed by atoms with Gasteiger partial charge in [0.25, 0.3) is 0 Å². The Morgan fingerprint density at radius 3 is 1.27 bits per heavy atom. The first-order valence-electron chi connectivity index (χ1n) is 23.8. The summed E-state index contributed by atoms with van der Waals surface area (Å²) in [7, 11) is 0. The van der Waals surface area contributed by atoms with Crippen LogP contribution in [0.25, 0.3) is 71.3 Å². The van der Waals surface area contributed by atoms with Crippen molar-refractivity contribution in [1.29, 1.82) is 0 Å². The maximum absolute atomic E-state index is 6.86. The smallest absolute Gasteiger partial charge is 0.130 e. The van der Waals surface area contributed by atoms with E-state index in [1.54, 1.807) is 0 Å². The number of benzene rings is 8. The Balaban J connectivity index is 1.47. The summed E-state index contributed by atoms with van der Waals surface area (Å²) in [4.78, 5) is 0. The van der Waals surface area contributed by atoms with Crippen LogP contribution in [0, 0.1) is 0 Å². The van der Waals surface area contributed by atoms with Gasteiger partial charge in [0.15, 0.2) is 0 Å². The average Bonchev–Trinajstić information content (AvgIpc) is 3.31. The Kier molecular flexibility index (Phi) is 11.7. The van der Waals surface area contributed by atoms with Crippen LogP contribution < -0.4 is 4.74 Å². The molecule has 3 heteroatoms. The van der Waals surface area contributed by atoms with Crippen LogP contribution in [-0.2, 0) is 21.7 Å². The van der Waals surface area contributed by atoms with E-state index in [0.29, 0.717) is 10.8 Å². The topological polar surface area (TPSA) is 14.2 Å². The Hall–Kier alpha value is -6.35. The van der Waals surface area contributed by atoms with Gasteiger partial charge >= 0.3 is 0 Å². The first kappa shape index (κ1) is 45.8. The van der Waals surface area contributed by atoms with E-state index in [4.69, 9.17) is 16.3 Å². The fraction of sp³-hybridized carbons (Fsp3) is 0.250. The van der Waals surface area contributed by atoms with Crippen molar-refractivity contribution in [3.8, 4) is 39.4 Å². The second-order valence-electron chi connectivity index (χ2n) is 22.5. The predicted octanol–water partition coefficient (Wildman–Crippen LogP) is 19.2. The van der Waals surface area contributed by atoms with E-state index in [0.717, 1.165) is 44.4 Å². The van der Waals surface area contributed by atoms with Gasteiger partial charge in [-0.25, -0.2) is 0 Å².